The van der Waals surface area contributed by atoms with Crippen LogP contribution >= 0.6 is 11.3 Å². The molecule has 130 valence electrons. The van der Waals surface area contributed by atoms with Crippen LogP contribution in [0.2, 0.25) is 0 Å². The molecule has 1 aliphatic heterocycles. The fourth-order valence-electron chi connectivity index (χ4n) is 3.49. The van der Waals surface area contributed by atoms with E-state index in [9.17, 15) is 4.39 Å². The van der Waals surface area contributed by atoms with E-state index >= 15 is 0 Å². The number of aromatic nitrogens is 2. The van der Waals surface area contributed by atoms with Gasteiger partial charge in [0.15, 0.2) is 0 Å². The molecule has 0 spiro atoms. The molecule has 0 saturated carbocycles. The Bertz CT molecular complexity index is 861. The molecule has 1 N–H and O–H groups in total. The second kappa shape index (κ2) is 7.06. The van der Waals surface area contributed by atoms with E-state index in [2.05, 4.69) is 27.1 Å². The van der Waals surface area contributed by atoms with Crippen molar-refractivity contribution in [3.8, 4) is 10.4 Å². The van der Waals surface area contributed by atoms with Gasteiger partial charge in [-0.25, -0.2) is 14.4 Å². The molecule has 3 heterocycles. The lowest BCUT2D eigenvalue weighted by Crippen LogP contribution is -2.34. The molecule has 1 aliphatic rings. The number of likely N-dealkylation sites (tertiary alicyclic amines) is 1. The lowest BCUT2D eigenvalue weighted by Gasteiger charge is -2.23. The van der Waals surface area contributed by atoms with Gasteiger partial charge < -0.3 is 5.32 Å². The number of thiophene rings is 1. The Hall–Kier alpha value is -2.05. The zero-order valence-electron chi connectivity index (χ0n) is 14.2. The number of hydrogen-bond donors (Lipinski definition) is 1. The van der Waals surface area contributed by atoms with Crippen molar-refractivity contribution in [1.29, 1.82) is 0 Å². The first-order chi connectivity index (χ1) is 12.2. The van der Waals surface area contributed by atoms with Crippen molar-refractivity contribution in [2.75, 3.05) is 25.0 Å². The summed E-state index contributed by atoms with van der Waals surface area (Å²) in [6, 6.07) is 9.21. The normalized spacial score (nSPS) is 18.1. The maximum Gasteiger partial charge on any atom is 0.147 e. The molecule has 0 radical (unpaired) electrons. The van der Waals surface area contributed by atoms with Crippen LogP contribution in [0.1, 0.15) is 19.8 Å². The summed E-state index contributed by atoms with van der Waals surface area (Å²) in [5.41, 5.74) is 1.93. The molecule has 1 atom stereocenters. The molecular formula is C19H21FN4S. The van der Waals surface area contributed by atoms with Crippen LogP contribution in [-0.4, -0.2) is 40.5 Å². The molecule has 3 aromatic rings. The molecule has 4 nitrogen and oxygen atoms in total. The van der Waals surface area contributed by atoms with Crippen LogP contribution in [0.3, 0.4) is 0 Å². The first kappa shape index (κ1) is 16.4. The van der Waals surface area contributed by atoms with E-state index in [1.807, 2.05) is 6.07 Å². The predicted octanol–water partition coefficient (Wildman–Crippen LogP) is 4.39. The maximum absolute atomic E-state index is 13.1. The molecule has 0 bridgehead atoms. The molecule has 1 saturated heterocycles. The minimum Gasteiger partial charge on any atom is -0.367 e. The van der Waals surface area contributed by atoms with Gasteiger partial charge >= 0.3 is 0 Å². The van der Waals surface area contributed by atoms with Gasteiger partial charge in [0, 0.05) is 17.5 Å². The van der Waals surface area contributed by atoms with Crippen LogP contribution in [-0.2, 0) is 0 Å². The topological polar surface area (TPSA) is 41.0 Å². The standard InChI is InChI=1S/C19H21FN4S/c1-2-24-9-3-4-15(24)11-21-19-18-16(22-12-23-19)10-17(25-18)13-5-7-14(20)8-6-13/h5-8,10,12,15H,2-4,9,11H2,1H3,(H,21,22,23)/t15-/m1/s1. The van der Waals surface area contributed by atoms with E-state index in [1.165, 1.54) is 31.5 Å². The van der Waals surface area contributed by atoms with Crippen molar-refractivity contribution in [3.63, 3.8) is 0 Å². The van der Waals surface area contributed by atoms with E-state index in [-0.39, 0.29) is 5.82 Å². The van der Waals surface area contributed by atoms with E-state index < -0.39 is 0 Å². The molecule has 0 unspecified atom stereocenters. The fourth-order valence-corrected chi connectivity index (χ4v) is 4.58. The van der Waals surface area contributed by atoms with Gasteiger partial charge in [0.25, 0.3) is 0 Å². The Morgan fingerprint density at radius 1 is 1.28 bits per heavy atom. The molecule has 2 aromatic heterocycles. The maximum atomic E-state index is 13.1. The van der Waals surface area contributed by atoms with Crippen LogP contribution in [0.4, 0.5) is 10.2 Å². The van der Waals surface area contributed by atoms with E-state index in [1.54, 1.807) is 29.8 Å². The number of rotatable bonds is 5. The summed E-state index contributed by atoms with van der Waals surface area (Å²) in [5.74, 6) is 0.676. The minimum atomic E-state index is -0.218. The molecule has 1 fully saturated rings. The summed E-state index contributed by atoms with van der Waals surface area (Å²) in [6.45, 7) is 5.41. The largest absolute Gasteiger partial charge is 0.367 e. The molecule has 0 aliphatic carbocycles. The Balaban J connectivity index is 1.58. The first-order valence-corrected chi connectivity index (χ1v) is 9.54. The number of fused-ring (bicyclic) bond motifs is 1. The van der Waals surface area contributed by atoms with Crippen molar-refractivity contribution in [2.45, 2.75) is 25.8 Å². The summed E-state index contributed by atoms with van der Waals surface area (Å²) in [7, 11) is 0. The number of halogens is 1. The Morgan fingerprint density at radius 3 is 2.92 bits per heavy atom. The molecule has 1 aromatic carbocycles. The van der Waals surface area contributed by atoms with Crippen molar-refractivity contribution < 1.29 is 4.39 Å². The van der Waals surface area contributed by atoms with Gasteiger partial charge in [-0.05, 0) is 49.7 Å². The van der Waals surface area contributed by atoms with Gasteiger partial charge in [-0.15, -0.1) is 11.3 Å². The number of likely N-dealkylation sites (N-methyl/N-ethyl adjacent to an activating group) is 1. The second-order valence-electron chi connectivity index (χ2n) is 6.36. The minimum absolute atomic E-state index is 0.218. The van der Waals surface area contributed by atoms with Gasteiger partial charge in [-0.2, -0.15) is 0 Å². The highest BCUT2D eigenvalue weighted by atomic mass is 32.1. The predicted molar refractivity (Wildman–Crippen MR) is 102 cm³/mol. The molecule has 6 heteroatoms. The van der Waals surface area contributed by atoms with Crippen molar-refractivity contribution in [2.24, 2.45) is 0 Å². The molecule has 25 heavy (non-hydrogen) atoms. The van der Waals surface area contributed by atoms with Crippen LogP contribution in [0.5, 0.6) is 0 Å². The number of nitrogens with zero attached hydrogens (tertiary/aromatic N) is 3. The van der Waals surface area contributed by atoms with Gasteiger partial charge in [0.05, 0.1) is 10.2 Å². The van der Waals surface area contributed by atoms with Gasteiger partial charge in [0.1, 0.15) is 18.0 Å². The van der Waals surface area contributed by atoms with Gasteiger partial charge in [-0.3, -0.25) is 4.90 Å². The van der Waals surface area contributed by atoms with Crippen molar-refractivity contribution >= 4 is 27.4 Å². The monoisotopic (exact) mass is 356 g/mol. The average molecular weight is 356 g/mol. The number of hydrogen-bond acceptors (Lipinski definition) is 5. The molecule has 0 amide bonds. The lowest BCUT2D eigenvalue weighted by atomic mass is 10.2. The Morgan fingerprint density at radius 2 is 2.12 bits per heavy atom. The lowest BCUT2D eigenvalue weighted by molar-refractivity contribution is 0.277. The van der Waals surface area contributed by atoms with Crippen LogP contribution < -0.4 is 5.32 Å². The smallest absolute Gasteiger partial charge is 0.147 e. The summed E-state index contributed by atoms with van der Waals surface area (Å²) >= 11 is 1.65. The highest BCUT2D eigenvalue weighted by molar-refractivity contribution is 7.22. The average Bonchev–Trinajstić information content (AvgIpc) is 3.27. The van der Waals surface area contributed by atoms with E-state index in [0.717, 1.165) is 39.6 Å². The highest BCUT2D eigenvalue weighted by Crippen LogP contribution is 2.35. The van der Waals surface area contributed by atoms with Gasteiger partial charge in [0.2, 0.25) is 0 Å². The SMILES string of the molecule is CCN1CCC[C@@H]1CNc1ncnc2cc(-c3ccc(F)cc3)sc12. The summed E-state index contributed by atoms with van der Waals surface area (Å²) in [4.78, 5) is 12.4. The van der Waals surface area contributed by atoms with Crippen LogP contribution in [0.15, 0.2) is 36.7 Å². The quantitative estimate of drug-likeness (QED) is 0.736. The summed E-state index contributed by atoms with van der Waals surface area (Å²) < 4.78 is 14.2. The first-order valence-electron chi connectivity index (χ1n) is 8.73. The second-order valence-corrected chi connectivity index (χ2v) is 7.41. The zero-order chi connectivity index (χ0) is 17.2. The fraction of sp³-hybridized carbons (Fsp3) is 0.368. The third kappa shape index (κ3) is 3.37. The number of nitrogens with one attached hydrogen (secondary N) is 1. The summed E-state index contributed by atoms with van der Waals surface area (Å²) in [5, 5.41) is 3.53. The Labute approximate surface area is 150 Å². The van der Waals surface area contributed by atoms with Crippen LogP contribution in [0, 0.1) is 5.82 Å². The van der Waals surface area contributed by atoms with Gasteiger partial charge in [-0.1, -0.05) is 19.1 Å². The van der Waals surface area contributed by atoms with E-state index in [4.69, 9.17) is 0 Å². The van der Waals surface area contributed by atoms with Crippen molar-refractivity contribution in [3.05, 3.63) is 42.5 Å². The number of benzene rings is 1. The third-order valence-electron chi connectivity index (χ3n) is 4.85. The third-order valence-corrected chi connectivity index (χ3v) is 6.03. The molecular weight excluding hydrogens is 335 g/mol. The van der Waals surface area contributed by atoms with Crippen molar-refractivity contribution in [1.82, 2.24) is 14.9 Å². The van der Waals surface area contributed by atoms with Crippen LogP contribution in [0.25, 0.3) is 20.7 Å². The Kier molecular flexibility index (Phi) is 4.63. The van der Waals surface area contributed by atoms with E-state index in [0.29, 0.717) is 6.04 Å². The highest BCUT2D eigenvalue weighted by Gasteiger charge is 2.23. The zero-order valence-corrected chi connectivity index (χ0v) is 15.0. The molecule has 4 rings (SSSR count). The number of anilines is 1. The summed E-state index contributed by atoms with van der Waals surface area (Å²) in [6.07, 6.45) is 4.12.